The van der Waals surface area contributed by atoms with E-state index in [2.05, 4.69) is 31.2 Å². The molecule has 2 aliphatic rings. The van der Waals surface area contributed by atoms with Gasteiger partial charge in [-0.3, -0.25) is 9.48 Å². The molecule has 2 fully saturated rings. The van der Waals surface area contributed by atoms with Crippen LogP contribution in [0, 0.1) is 11.8 Å². The summed E-state index contributed by atoms with van der Waals surface area (Å²) in [6.45, 7) is 6.26. The highest BCUT2D eigenvalue weighted by Crippen LogP contribution is 2.48. The maximum atomic E-state index is 12.1. The lowest BCUT2D eigenvalue weighted by molar-refractivity contribution is -0.112. The van der Waals surface area contributed by atoms with Crippen molar-refractivity contribution >= 4 is 11.6 Å². The molecule has 0 radical (unpaired) electrons. The number of aromatic nitrogens is 2. The summed E-state index contributed by atoms with van der Waals surface area (Å²) >= 11 is 0. The minimum absolute atomic E-state index is 0.00717. The SMILES string of the molecule is CC(C)(C)n1cc(NC(=O)C=C(C2CC2)C2CC2)cn1. The minimum Gasteiger partial charge on any atom is -0.320 e. The van der Waals surface area contributed by atoms with Crippen molar-refractivity contribution in [1.29, 1.82) is 0 Å². The molecular formula is C16H23N3O. The minimum atomic E-state index is -0.0635. The number of carbonyl (C=O) groups is 1. The first kappa shape index (κ1) is 13.4. The molecule has 108 valence electrons. The van der Waals surface area contributed by atoms with Crippen molar-refractivity contribution < 1.29 is 4.79 Å². The Balaban J connectivity index is 1.66. The first-order chi connectivity index (χ1) is 9.43. The molecule has 0 atom stereocenters. The van der Waals surface area contributed by atoms with Gasteiger partial charge in [0, 0.05) is 12.3 Å². The van der Waals surface area contributed by atoms with Crippen LogP contribution in [0.15, 0.2) is 24.0 Å². The monoisotopic (exact) mass is 273 g/mol. The Morgan fingerprint density at radius 3 is 2.35 bits per heavy atom. The summed E-state index contributed by atoms with van der Waals surface area (Å²) in [6, 6.07) is 0. The third-order valence-electron chi connectivity index (χ3n) is 3.93. The van der Waals surface area contributed by atoms with Gasteiger partial charge in [0.1, 0.15) is 0 Å². The van der Waals surface area contributed by atoms with Gasteiger partial charge in [-0.25, -0.2) is 0 Å². The number of anilines is 1. The molecule has 2 aliphatic carbocycles. The third-order valence-corrected chi connectivity index (χ3v) is 3.93. The van der Waals surface area contributed by atoms with E-state index in [0.29, 0.717) is 11.8 Å². The molecule has 3 rings (SSSR count). The van der Waals surface area contributed by atoms with Crippen LogP contribution >= 0.6 is 0 Å². The van der Waals surface area contributed by atoms with Gasteiger partial charge in [-0.15, -0.1) is 0 Å². The molecular weight excluding hydrogens is 250 g/mol. The molecule has 4 heteroatoms. The highest BCUT2D eigenvalue weighted by molar-refractivity contribution is 5.99. The number of allylic oxidation sites excluding steroid dienone is 1. The average molecular weight is 273 g/mol. The zero-order valence-corrected chi connectivity index (χ0v) is 12.5. The Hall–Kier alpha value is -1.58. The van der Waals surface area contributed by atoms with Crippen LogP contribution in [0.1, 0.15) is 46.5 Å². The van der Waals surface area contributed by atoms with E-state index in [1.54, 1.807) is 6.20 Å². The zero-order chi connectivity index (χ0) is 14.3. The van der Waals surface area contributed by atoms with Crippen molar-refractivity contribution in [3.63, 3.8) is 0 Å². The van der Waals surface area contributed by atoms with Gasteiger partial charge in [-0.2, -0.15) is 5.10 Å². The van der Waals surface area contributed by atoms with E-state index in [-0.39, 0.29) is 11.4 Å². The van der Waals surface area contributed by atoms with Gasteiger partial charge < -0.3 is 5.32 Å². The Bertz CT molecular complexity index is 528. The molecule has 20 heavy (non-hydrogen) atoms. The van der Waals surface area contributed by atoms with E-state index in [9.17, 15) is 4.79 Å². The summed E-state index contributed by atoms with van der Waals surface area (Å²) in [5.74, 6) is 1.36. The first-order valence-electron chi connectivity index (χ1n) is 7.51. The predicted octanol–water partition coefficient (Wildman–Crippen LogP) is 3.32. The molecule has 4 nitrogen and oxygen atoms in total. The van der Waals surface area contributed by atoms with Crippen molar-refractivity contribution in [2.45, 2.75) is 52.0 Å². The van der Waals surface area contributed by atoms with Gasteiger partial charge >= 0.3 is 0 Å². The second kappa shape index (κ2) is 4.76. The lowest BCUT2D eigenvalue weighted by Gasteiger charge is -2.18. The molecule has 0 aliphatic heterocycles. The fraction of sp³-hybridized carbons (Fsp3) is 0.625. The number of carbonyl (C=O) groups excluding carboxylic acids is 1. The number of nitrogens with zero attached hydrogens (tertiary/aromatic N) is 2. The molecule has 1 aromatic heterocycles. The van der Waals surface area contributed by atoms with Gasteiger partial charge in [-0.1, -0.05) is 5.57 Å². The zero-order valence-electron chi connectivity index (χ0n) is 12.5. The summed E-state index contributed by atoms with van der Waals surface area (Å²) in [4.78, 5) is 12.1. The van der Waals surface area contributed by atoms with E-state index < -0.39 is 0 Å². The van der Waals surface area contributed by atoms with Gasteiger partial charge in [0.25, 0.3) is 0 Å². The van der Waals surface area contributed by atoms with Crippen LogP contribution in [-0.4, -0.2) is 15.7 Å². The number of hydrogen-bond donors (Lipinski definition) is 1. The Morgan fingerprint density at radius 1 is 1.30 bits per heavy atom. The standard InChI is InChI=1S/C16H23N3O/c1-16(2,3)19-10-13(9-17-19)18-15(20)8-14(11-4-5-11)12-6-7-12/h8-12H,4-7H2,1-3H3,(H,18,20). The molecule has 0 spiro atoms. The van der Waals surface area contributed by atoms with E-state index in [1.165, 1.54) is 31.3 Å². The van der Waals surface area contributed by atoms with Crippen molar-refractivity contribution in [2.75, 3.05) is 5.32 Å². The van der Waals surface area contributed by atoms with Gasteiger partial charge in [0.15, 0.2) is 0 Å². The van der Waals surface area contributed by atoms with Gasteiger partial charge in [0.2, 0.25) is 5.91 Å². The maximum absolute atomic E-state index is 12.1. The van der Waals surface area contributed by atoms with Crippen LogP contribution in [0.3, 0.4) is 0 Å². The fourth-order valence-corrected chi connectivity index (χ4v) is 2.49. The predicted molar refractivity (Wildman–Crippen MR) is 79.4 cm³/mol. The summed E-state index contributed by atoms with van der Waals surface area (Å²) in [5.41, 5.74) is 2.09. The van der Waals surface area contributed by atoms with Gasteiger partial charge in [0.05, 0.1) is 17.4 Å². The van der Waals surface area contributed by atoms with E-state index in [4.69, 9.17) is 0 Å². The first-order valence-corrected chi connectivity index (χ1v) is 7.51. The van der Waals surface area contributed by atoms with Crippen LogP contribution in [-0.2, 0) is 10.3 Å². The smallest absolute Gasteiger partial charge is 0.248 e. The van der Waals surface area contributed by atoms with E-state index in [0.717, 1.165) is 5.69 Å². The highest BCUT2D eigenvalue weighted by atomic mass is 16.1. The normalized spacial score (nSPS) is 18.8. The molecule has 1 heterocycles. The van der Waals surface area contributed by atoms with Crippen molar-refractivity contribution in [1.82, 2.24) is 9.78 Å². The maximum Gasteiger partial charge on any atom is 0.248 e. The van der Waals surface area contributed by atoms with Crippen LogP contribution < -0.4 is 5.32 Å². The number of rotatable bonds is 4. The second-order valence-corrected chi connectivity index (χ2v) is 7.03. The second-order valence-electron chi connectivity index (χ2n) is 7.03. The van der Waals surface area contributed by atoms with Crippen molar-refractivity contribution in [3.8, 4) is 0 Å². The van der Waals surface area contributed by atoms with Gasteiger partial charge in [-0.05, 0) is 58.3 Å². The molecule has 1 N–H and O–H groups in total. The summed E-state index contributed by atoms with van der Waals surface area (Å²) in [5, 5.41) is 7.23. The fourth-order valence-electron chi connectivity index (χ4n) is 2.49. The Kier molecular flexibility index (Phi) is 3.19. The van der Waals surface area contributed by atoms with Crippen LogP contribution in [0.2, 0.25) is 0 Å². The molecule has 0 aromatic carbocycles. The topological polar surface area (TPSA) is 46.9 Å². The quantitative estimate of drug-likeness (QED) is 0.855. The molecule has 1 amide bonds. The summed E-state index contributed by atoms with van der Waals surface area (Å²) in [6.07, 6.45) is 10.5. The van der Waals surface area contributed by atoms with Crippen molar-refractivity contribution in [3.05, 3.63) is 24.0 Å². The molecule has 0 bridgehead atoms. The number of nitrogens with one attached hydrogen (secondary N) is 1. The van der Waals surface area contributed by atoms with Crippen LogP contribution in [0.25, 0.3) is 0 Å². The lowest BCUT2D eigenvalue weighted by atomic mass is 10.1. The third kappa shape index (κ3) is 3.11. The largest absolute Gasteiger partial charge is 0.320 e. The lowest BCUT2D eigenvalue weighted by Crippen LogP contribution is -2.22. The summed E-state index contributed by atoms with van der Waals surface area (Å²) < 4.78 is 1.87. The van der Waals surface area contributed by atoms with Crippen LogP contribution in [0.4, 0.5) is 5.69 Å². The van der Waals surface area contributed by atoms with Crippen molar-refractivity contribution in [2.24, 2.45) is 11.8 Å². The van der Waals surface area contributed by atoms with E-state index >= 15 is 0 Å². The number of hydrogen-bond acceptors (Lipinski definition) is 2. The van der Waals surface area contributed by atoms with Crippen LogP contribution in [0.5, 0.6) is 0 Å². The molecule has 2 saturated carbocycles. The van der Waals surface area contributed by atoms with E-state index in [1.807, 2.05) is 17.0 Å². The number of amides is 1. The Labute approximate surface area is 120 Å². The Morgan fingerprint density at radius 2 is 1.90 bits per heavy atom. The average Bonchev–Trinajstić information content (AvgIpc) is 3.25. The highest BCUT2D eigenvalue weighted by Gasteiger charge is 2.36. The molecule has 0 unspecified atom stereocenters. The molecule has 1 aromatic rings. The molecule has 0 saturated heterocycles. The summed E-state index contributed by atoms with van der Waals surface area (Å²) in [7, 11) is 0.